The number of benzene rings is 2. The molecule has 0 atom stereocenters. The number of nitrogens with one attached hydrogen (secondary N) is 1. The van der Waals surface area contributed by atoms with Gasteiger partial charge >= 0.3 is 0 Å². The molecule has 1 fully saturated rings. The molecular weight excluding hydrogens is 545 g/mol. The minimum atomic E-state index is -3.82. The third-order valence-corrected chi connectivity index (χ3v) is 8.25. The van der Waals surface area contributed by atoms with Gasteiger partial charge in [0.05, 0.1) is 20.8 Å². The molecule has 2 aromatic carbocycles. The Bertz CT molecular complexity index is 1350. The van der Waals surface area contributed by atoms with Crippen molar-refractivity contribution in [2.45, 2.75) is 24.3 Å². The number of nitro groups is 1. The second kappa shape index (κ2) is 10.2. The second-order valence-electron chi connectivity index (χ2n) is 8.03. The summed E-state index contributed by atoms with van der Waals surface area (Å²) < 4.78 is 43.0. The Morgan fingerprint density at radius 1 is 1.17 bits per heavy atom. The number of nitro benzene ring substituents is 1. The van der Waals surface area contributed by atoms with Crippen molar-refractivity contribution in [3.05, 3.63) is 80.7 Å². The van der Waals surface area contributed by atoms with Gasteiger partial charge in [0.1, 0.15) is 5.82 Å². The number of rotatable bonds is 7. The molecule has 0 saturated carbocycles. The minimum absolute atomic E-state index is 0.0321. The first kappa shape index (κ1) is 24.9. The normalized spacial score (nSPS) is 15.1. The van der Waals surface area contributed by atoms with E-state index in [9.17, 15) is 27.7 Å². The molecule has 184 valence electrons. The van der Waals surface area contributed by atoms with Crippen molar-refractivity contribution < 1.29 is 22.5 Å². The largest absolute Gasteiger partial charge is 0.308 e. The third-order valence-electron chi connectivity index (χ3n) is 5.76. The number of piperidine rings is 1. The molecule has 0 bridgehead atoms. The fraction of sp³-hybridized carbons (Fsp3) is 0.273. The van der Waals surface area contributed by atoms with Crippen LogP contribution in [0.25, 0.3) is 0 Å². The highest BCUT2D eigenvalue weighted by Crippen LogP contribution is 2.27. The zero-order chi connectivity index (χ0) is 25.2. The van der Waals surface area contributed by atoms with Gasteiger partial charge in [0, 0.05) is 42.9 Å². The highest BCUT2D eigenvalue weighted by atomic mass is 79.9. The van der Waals surface area contributed by atoms with Gasteiger partial charge in [0.2, 0.25) is 15.9 Å². The van der Waals surface area contributed by atoms with Crippen molar-refractivity contribution in [2.24, 2.45) is 5.92 Å². The van der Waals surface area contributed by atoms with E-state index in [0.29, 0.717) is 28.7 Å². The summed E-state index contributed by atoms with van der Waals surface area (Å²) in [6, 6.07) is 11.1. The van der Waals surface area contributed by atoms with Crippen LogP contribution in [-0.2, 0) is 21.4 Å². The highest BCUT2D eigenvalue weighted by molar-refractivity contribution is 9.10. The van der Waals surface area contributed by atoms with Gasteiger partial charge < -0.3 is 5.32 Å². The van der Waals surface area contributed by atoms with E-state index < -0.39 is 20.9 Å². The van der Waals surface area contributed by atoms with E-state index in [1.165, 1.54) is 27.2 Å². The summed E-state index contributed by atoms with van der Waals surface area (Å²) in [6.45, 7) is 0.473. The van der Waals surface area contributed by atoms with Crippen LogP contribution in [0.15, 0.2) is 64.1 Å². The zero-order valence-electron chi connectivity index (χ0n) is 18.3. The molecule has 0 aliphatic carbocycles. The average Bonchev–Trinajstić information content (AvgIpc) is 3.19. The van der Waals surface area contributed by atoms with Crippen molar-refractivity contribution in [2.75, 3.05) is 18.4 Å². The van der Waals surface area contributed by atoms with Crippen molar-refractivity contribution >= 4 is 43.4 Å². The van der Waals surface area contributed by atoms with Crippen molar-refractivity contribution in [1.29, 1.82) is 0 Å². The minimum Gasteiger partial charge on any atom is -0.308 e. The fourth-order valence-corrected chi connectivity index (χ4v) is 5.71. The van der Waals surface area contributed by atoms with E-state index in [2.05, 4.69) is 26.3 Å². The summed E-state index contributed by atoms with van der Waals surface area (Å²) >= 11 is 3.36. The lowest BCUT2D eigenvalue weighted by Crippen LogP contribution is -2.41. The third kappa shape index (κ3) is 5.57. The molecule has 1 N–H and O–H groups in total. The Labute approximate surface area is 209 Å². The average molecular weight is 566 g/mol. The van der Waals surface area contributed by atoms with Gasteiger partial charge in [0.15, 0.2) is 5.82 Å². The number of hydrogen-bond donors (Lipinski definition) is 1. The number of aromatic nitrogens is 2. The smallest absolute Gasteiger partial charge is 0.269 e. The van der Waals surface area contributed by atoms with Gasteiger partial charge in [-0.05, 0) is 47.0 Å². The Morgan fingerprint density at radius 3 is 2.46 bits per heavy atom. The zero-order valence-corrected chi connectivity index (χ0v) is 20.7. The van der Waals surface area contributed by atoms with Crippen molar-refractivity contribution in [3.8, 4) is 0 Å². The van der Waals surface area contributed by atoms with Crippen molar-refractivity contribution in [1.82, 2.24) is 14.1 Å². The Balaban J connectivity index is 1.36. The van der Waals surface area contributed by atoms with Crippen molar-refractivity contribution in [3.63, 3.8) is 0 Å². The summed E-state index contributed by atoms with van der Waals surface area (Å²) in [4.78, 5) is 23.0. The highest BCUT2D eigenvalue weighted by Gasteiger charge is 2.32. The summed E-state index contributed by atoms with van der Waals surface area (Å²) in [6.07, 6.45) is 2.26. The van der Waals surface area contributed by atoms with Gasteiger partial charge in [-0.1, -0.05) is 18.2 Å². The summed E-state index contributed by atoms with van der Waals surface area (Å²) in [5, 5.41) is 17.9. The van der Waals surface area contributed by atoms with Gasteiger partial charge in [-0.2, -0.15) is 9.40 Å². The maximum absolute atomic E-state index is 13.9. The van der Waals surface area contributed by atoms with E-state index in [4.69, 9.17) is 0 Å². The molecule has 1 aliphatic heterocycles. The molecule has 1 aromatic heterocycles. The molecule has 1 aliphatic rings. The Kier molecular flexibility index (Phi) is 7.28. The number of hydrogen-bond acceptors (Lipinski definition) is 6. The molecule has 1 saturated heterocycles. The molecule has 0 radical (unpaired) electrons. The molecular formula is C22H21BrFN5O5S. The second-order valence-corrected chi connectivity index (χ2v) is 10.8. The van der Waals surface area contributed by atoms with E-state index >= 15 is 0 Å². The first-order chi connectivity index (χ1) is 16.6. The van der Waals surface area contributed by atoms with Crippen LogP contribution in [0.1, 0.15) is 18.4 Å². The first-order valence-electron chi connectivity index (χ1n) is 10.7. The van der Waals surface area contributed by atoms with Crippen LogP contribution < -0.4 is 5.32 Å². The van der Waals surface area contributed by atoms with Gasteiger partial charge in [-0.25, -0.2) is 12.8 Å². The predicted octanol–water partition coefficient (Wildman–Crippen LogP) is 3.78. The predicted molar refractivity (Wildman–Crippen MR) is 129 cm³/mol. The van der Waals surface area contributed by atoms with Crippen LogP contribution in [0.3, 0.4) is 0 Å². The molecule has 3 aromatic rings. The standard InChI is InChI=1S/C22H21BrFN5O5S/c23-19-14-27(13-16-3-1-2-4-20(16)24)26-21(19)25-22(30)15-9-11-28(12-10-15)35(33,34)18-7-5-17(6-8-18)29(31)32/h1-8,14-15H,9-13H2,(H,25,26,30). The lowest BCUT2D eigenvalue weighted by molar-refractivity contribution is -0.384. The van der Waals surface area contributed by atoms with Crippen LogP contribution in [0.2, 0.25) is 0 Å². The van der Waals surface area contributed by atoms with Crippen LogP contribution >= 0.6 is 15.9 Å². The molecule has 2 heterocycles. The number of anilines is 1. The maximum Gasteiger partial charge on any atom is 0.269 e. The van der Waals surface area contributed by atoms with E-state index in [1.807, 2.05) is 0 Å². The maximum atomic E-state index is 13.9. The summed E-state index contributed by atoms with van der Waals surface area (Å²) in [5.41, 5.74) is 0.267. The quantitative estimate of drug-likeness (QED) is 0.343. The van der Waals surface area contributed by atoms with Gasteiger partial charge in [-0.3, -0.25) is 19.6 Å². The van der Waals surface area contributed by atoms with Gasteiger partial charge in [0.25, 0.3) is 5.69 Å². The monoisotopic (exact) mass is 565 g/mol. The van der Waals surface area contributed by atoms with Crippen LogP contribution in [0.4, 0.5) is 15.9 Å². The molecule has 0 unspecified atom stereocenters. The molecule has 4 rings (SSSR count). The molecule has 35 heavy (non-hydrogen) atoms. The first-order valence-corrected chi connectivity index (χ1v) is 12.9. The summed E-state index contributed by atoms with van der Waals surface area (Å²) in [7, 11) is -3.82. The van der Waals surface area contributed by atoms with E-state index in [0.717, 1.165) is 12.1 Å². The summed E-state index contributed by atoms with van der Waals surface area (Å²) in [5.74, 6) is -0.747. The molecule has 10 nitrogen and oxygen atoms in total. The number of non-ortho nitro benzene ring substituents is 1. The van der Waals surface area contributed by atoms with E-state index in [-0.39, 0.29) is 41.9 Å². The molecule has 13 heteroatoms. The molecule has 0 spiro atoms. The number of carbonyl (C=O) groups is 1. The number of nitrogens with zero attached hydrogens (tertiary/aromatic N) is 4. The number of halogens is 2. The lowest BCUT2D eigenvalue weighted by atomic mass is 9.97. The SMILES string of the molecule is O=C(Nc1nn(Cc2ccccc2F)cc1Br)C1CCN(S(=O)(=O)c2ccc([N+](=O)[O-])cc2)CC1. The fourth-order valence-electron chi connectivity index (χ4n) is 3.83. The van der Waals surface area contributed by atoms with Crippen LogP contribution in [-0.4, -0.2) is 46.4 Å². The topological polar surface area (TPSA) is 127 Å². The Morgan fingerprint density at radius 2 is 1.83 bits per heavy atom. The number of carbonyl (C=O) groups excluding carboxylic acids is 1. The van der Waals surface area contributed by atoms with Crippen LogP contribution in [0, 0.1) is 21.8 Å². The number of sulfonamides is 1. The Hall–Kier alpha value is -3.16. The number of amides is 1. The molecule has 1 amide bonds. The van der Waals surface area contributed by atoms with Gasteiger partial charge in [-0.15, -0.1) is 0 Å². The van der Waals surface area contributed by atoms with Crippen LogP contribution in [0.5, 0.6) is 0 Å². The lowest BCUT2D eigenvalue weighted by Gasteiger charge is -2.30. The van der Waals surface area contributed by atoms with E-state index in [1.54, 1.807) is 24.4 Å².